The SMILES string of the molecule is CC(C)c1ncc(-c2cccc(CC(=O)O)c2)s1. The Hall–Kier alpha value is -1.68. The Morgan fingerprint density at radius 3 is 2.83 bits per heavy atom. The zero-order chi connectivity index (χ0) is 13.1. The van der Waals surface area contributed by atoms with E-state index < -0.39 is 5.97 Å². The highest BCUT2D eigenvalue weighted by atomic mass is 32.1. The van der Waals surface area contributed by atoms with Gasteiger partial charge in [-0.1, -0.05) is 32.0 Å². The number of carbonyl (C=O) groups is 1. The van der Waals surface area contributed by atoms with Gasteiger partial charge in [-0.2, -0.15) is 0 Å². The molecule has 0 saturated carbocycles. The normalized spacial score (nSPS) is 10.8. The second kappa shape index (κ2) is 5.31. The topological polar surface area (TPSA) is 50.2 Å². The van der Waals surface area contributed by atoms with E-state index in [0.29, 0.717) is 5.92 Å². The summed E-state index contributed by atoms with van der Waals surface area (Å²) in [6.07, 6.45) is 1.92. The third-order valence-electron chi connectivity index (χ3n) is 2.58. The molecule has 3 nitrogen and oxygen atoms in total. The first-order valence-corrected chi connectivity index (χ1v) is 6.64. The molecule has 2 rings (SSSR count). The predicted octanol–water partition coefficient (Wildman–Crippen LogP) is 3.56. The van der Waals surface area contributed by atoms with Gasteiger partial charge in [-0.05, 0) is 17.2 Å². The Labute approximate surface area is 110 Å². The van der Waals surface area contributed by atoms with Gasteiger partial charge in [-0.3, -0.25) is 4.79 Å². The number of benzene rings is 1. The van der Waals surface area contributed by atoms with E-state index in [9.17, 15) is 4.79 Å². The van der Waals surface area contributed by atoms with Gasteiger partial charge in [0.05, 0.1) is 16.3 Å². The largest absolute Gasteiger partial charge is 0.481 e. The number of hydrogen-bond acceptors (Lipinski definition) is 3. The van der Waals surface area contributed by atoms with Gasteiger partial charge in [-0.15, -0.1) is 11.3 Å². The number of carboxylic acid groups (broad SMARTS) is 1. The summed E-state index contributed by atoms with van der Waals surface area (Å²) in [5, 5.41) is 9.90. The summed E-state index contributed by atoms with van der Waals surface area (Å²) in [6, 6.07) is 7.64. The second-order valence-electron chi connectivity index (χ2n) is 4.49. The van der Waals surface area contributed by atoms with E-state index in [2.05, 4.69) is 18.8 Å². The van der Waals surface area contributed by atoms with E-state index in [1.165, 1.54) is 0 Å². The van der Waals surface area contributed by atoms with Crippen LogP contribution in [0, 0.1) is 0 Å². The molecule has 1 heterocycles. The van der Waals surface area contributed by atoms with E-state index >= 15 is 0 Å². The minimum atomic E-state index is -0.806. The van der Waals surface area contributed by atoms with Crippen LogP contribution in [0.1, 0.15) is 30.3 Å². The molecule has 0 aliphatic heterocycles. The van der Waals surface area contributed by atoms with Gasteiger partial charge in [-0.25, -0.2) is 4.98 Å². The fraction of sp³-hybridized carbons (Fsp3) is 0.286. The Balaban J connectivity index is 2.29. The van der Waals surface area contributed by atoms with Gasteiger partial charge in [0, 0.05) is 12.1 Å². The van der Waals surface area contributed by atoms with E-state index in [4.69, 9.17) is 5.11 Å². The fourth-order valence-electron chi connectivity index (χ4n) is 1.70. The molecule has 0 bridgehead atoms. The molecule has 4 heteroatoms. The summed E-state index contributed by atoms with van der Waals surface area (Å²) in [4.78, 5) is 16.2. The minimum absolute atomic E-state index is 0.0592. The van der Waals surface area contributed by atoms with Crippen molar-refractivity contribution in [3.63, 3.8) is 0 Å². The predicted molar refractivity (Wildman–Crippen MR) is 73.0 cm³/mol. The zero-order valence-electron chi connectivity index (χ0n) is 10.4. The molecule has 0 unspecified atom stereocenters. The van der Waals surface area contributed by atoms with Gasteiger partial charge in [0.15, 0.2) is 0 Å². The number of rotatable bonds is 4. The maximum Gasteiger partial charge on any atom is 0.307 e. The molecular formula is C14H15NO2S. The lowest BCUT2D eigenvalue weighted by atomic mass is 10.1. The summed E-state index contributed by atoms with van der Waals surface area (Å²) < 4.78 is 0. The molecule has 1 aromatic carbocycles. The monoisotopic (exact) mass is 261 g/mol. The van der Waals surface area contributed by atoms with Crippen molar-refractivity contribution < 1.29 is 9.90 Å². The Kier molecular flexibility index (Phi) is 3.77. The van der Waals surface area contributed by atoms with Crippen LogP contribution in [-0.4, -0.2) is 16.1 Å². The summed E-state index contributed by atoms with van der Waals surface area (Å²) in [7, 11) is 0. The molecule has 1 N–H and O–H groups in total. The summed E-state index contributed by atoms with van der Waals surface area (Å²) in [5.74, 6) is -0.384. The van der Waals surface area contributed by atoms with Crippen LogP contribution < -0.4 is 0 Å². The Bertz CT molecular complexity index is 560. The van der Waals surface area contributed by atoms with Crippen LogP contribution in [0.25, 0.3) is 10.4 Å². The van der Waals surface area contributed by atoms with Crippen molar-refractivity contribution in [3.05, 3.63) is 41.0 Å². The fourth-order valence-corrected chi connectivity index (χ4v) is 2.61. The highest BCUT2D eigenvalue weighted by molar-refractivity contribution is 7.15. The summed E-state index contributed by atoms with van der Waals surface area (Å²) in [5.41, 5.74) is 1.86. The molecule has 0 fully saturated rings. The number of thiazole rings is 1. The lowest BCUT2D eigenvalue weighted by Gasteiger charge is -2.01. The highest BCUT2D eigenvalue weighted by Crippen LogP contribution is 2.30. The van der Waals surface area contributed by atoms with Crippen molar-refractivity contribution in [2.75, 3.05) is 0 Å². The molecule has 0 spiro atoms. The van der Waals surface area contributed by atoms with Crippen LogP contribution in [0.15, 0.2) is 30.5 Å². The molecular weight excluding hydrogens is 246 g/mol. The van der Waals surface area contributed by atoms with Gasteiger partial charge in [0.25, 0.3) is 0 Å². The molecule has 0 saturated heterocycles. The number of aromatic nitrogens is 1. The summed E-state index contributed by atoms with van der Waals surface area (Å²) >= 11 is 1.66. The number of nitrogens with zero attached hydrogens (tertiary/aromatic N) is 1. The molecule has 0 atom stereocenters. The van der Waals surface area contributed by atoms with Gasteiger partial charge >= 0.3 is 5.97 Å². The lowest BCUT2D eigenvalue weighted by Crippen LogP contribution is -1.99. The quantitative estimate of drug-likeness (QED) is 0.915. The Morgan fingerprint density at radius 2 is 2.22 bits per heavy atom. The van der Waals surface area contributed by atoms with Gasteiger partial charge < -0.3 is 5.11 Å². The molecule has 0 radical (unpaired) electrons. The molecule has 0 amide bonds. The van der Waals surface area contributed by atoms with Crippen molar-refractivity contribution in [3.8, 4) is 10.4 Å². The Morgan fingerprint density at radius 1 is 1.44 bits per heavy atom. The third kappa shape index (κ3) is 2.96. The average molecular weight is 261 g/mol. The molecule has 0 aliphatic rings. The van der Waals surface area contributed by atoms with Crippen LogP contribution >= 0.6 is 11.3 Å². The van der Waals surface area contributed by atoms with Crippen LogP contribution in [0.4, 0.5) is 0 Å². The highest BCUT2D eigenvalue weighted by Gasteiger charge is 2.08. The van der Waals surface area contributed by atoms with Crippen LogP contribution in [-0.2, 0) is 11.2 Å². The number of carboxylic acids is 1. The smallest absolute Gasteiger partial charge is 0.307 e. The first-order valence-electron chi connectivity index (χ1n) is 5.83. The molecule has 2 aromatic rings. The zero-order valence-corrected chi connectivity index (χ0v) is 11.2. The van der Waals surface area contributed by atoms with E-state index in [0.717, 1.165) is 21.0 Å². The first-order chi connectivity index (χ1) is 8.56. The minimum Gasteiger partial charge on any atom is -0.481 e. The van der Waals surface area contributed by atoms with Crippen LogP contribution in [0.2, 0.25) is 0 Å². The van der Waals surface area contributed by atoms with Crippen LogP contribution in [0.3, 0.4) is 0 Å². The first kappa shape index (κ1) is 12.8. The standard InChI is InChI=1S/C14H15NO2S/c1-9(2)14-15-8-12(18-14)11-5-3-4-10(6-11)7-13(16)17/h3-6,8-9H,7H2,1-2H3,(H,16,17). The molecule has 1 aromatic heterocycles. The van der Waals surface area contributed by atoms with Crippen molar-refractivity contribution in [2.24, 2.45) is 0 Å². The maximum atomic E-state index is 10.7. The summed E-state index contributed by atoms with van der Waals surface area (Å²) in [6.45, 7) is 4.23. The van der Waals surface area contributed by atoms with Crippen molar-refractivity contribution in [1.29, 1.82) is 0 Å². The molecule has 0 aliphatic carbocycles. The van der Waals surface area contributed by atoms with E-state index in [1.54, 1.807) is 11.3 Å². The van der Waals surface area contributed by atoms with Crippen molar-refractivity contribution in [2.45, 2.75) is 26.2 Å². The molecule has 94 valence electrons. The number of hydrogen-bond donors (Lipinski definition) is 1. The third-order valence-corrected chi connectivity index (χ3v) is 3.93. The second-order valence-corrected chi connectivity index (χ2v) is 5.55. The lowest BCUT2D eigenvalue weighted by molar-refractivity contribution is -0.136. The van der Waals surface area contributed by atoms with E-state index in [-0.39, 0.29) is 6.42 Å². The van der Waals surface area contributed by atoms with E-state index in [1.807, 2.05) is 30.5 Å². The van der Waals surface area contributed by atoms with Gasteiger partial charge in [0.1, 0.15) is 0 Å². The van der Waals surface area contributed by atoms with Gasteiger partial charge in [0.2, 0.25) is 0 Å². The van der Waals surface area contributed by atoms with Crippen molar-refractivity contribution in [1.82, 2.24) is 4.98 Å². The average Bonchev–Trinajstić information content (AvgIpc) is 2.77. The van der Waals surface area contributed by atoms with Crippen LogP contribution in [0.5, 0.6) is 0 Å². The van der Waals surface area contributed by atoms with Crippen molar-refractivity contribution >= 4 is 17.3 Å². The number of aliphatic carboxylic acids is 1. The maximum absolute atomic E-state index is 10.7. The molecule has 18 heavy (non-hydrogen) atoms.